The highest BCUT2D eigenvalue weighted by atomic mass is 35.5. The van der Waals surface area contributed by atoms with Crippen molar-refractivity contribution in [1.29, 1.82) is 0 Å². The number of nitrogens with one attached hydrogen (secondary N) is 1. The maximum absolute atomic E-state index is 13.0. The standard InChI is InChI=1S/C16H16ClF3N2O/c17-11-5-6-12-13(21-7-3-1-2-4-8-23)10-15(16(18,19)20)22-14(12)9-11/h5-6,8-10H,1-4,7H2,(H,21,22). The Morgan fingerprint density at radius 1 is 1.17 bits per heavy atom. The van der Waals surface area contributed by atoms with Crippen molar-refractivity contribution >= 4 is 34.5 Å². The molecule has 0 saturated carbocycles. The largest absolute Gasteiger partial charge is 0.433 e. The van der Waals surface area contributed by atoms with E-state index in [1.807, 2.05) is 0 Å². The molecule has 3 nitrogen and oxygen atoms in total. The lowest BCUT2D eigenvalue weighted by Gasteiger charge is -2.13. The van der Waals surface area contributed by atoms with E-state index in [1.54, 1.807) is 12.1 Å². The average Bonchev–Trinajstić information content (AvgIpc) is 2.49. The second kappa shape index (κ2) is 7.64. The molecule has 7 heteroatoms. The Morgan fingerprint density at radius 2 is 1.96 bits per heavy atom. The van der Waals surface area contributed by atoms with E-state index in [2.05, 4.69) is 10.3 Å². The molecule has 0 aliphatic carbocycles. The van der Waals surface area contributed by atoms with E-state index in [4.69, 9.17) is 11.6 Å². The van der Waals surface area contributed by atoms with Crippen LogP contribution in [0.25, 0.3) is 10.9 Å². The zero-order chi connectivity index (χ0) is 16.9. The summed E-state index contributed by atoms with van der Waals surface area (Å²) in [5, 5.41) is 3.96. The first-order chi connectivity index (χ1) is 10.9. The SMILES string of the molecule is O=CCCCCCNc1cc(C(F)(F)F)nc2cc(Cl)ccc12. The van der Waals surface area contributed by atoms with Crippen LogP contribution in [-0.2, 0) is 11.0 Å². The highest BCUT2D eigenvalue weighted by Gasteiger charge is 2.33. The maximum Gasteiger partial charge on any atom is 0.433 e. The van der Waals surface area contributed by atoms with E-state index in [9.17, 15) is 18.0 Å². The van der Waals surface area contributed by atoms with E-state index < -0.39 is 11.9 Å². The number of fused-ring (bicyclic) bond motifs is 1. The predicted molar refractivity (Wildman–Crippen MR) is 84.8 cm³/mol. The Kier molecular flexibility index (Phi) is 5.82. The minimum absolute atomic E-state index is 0.204. The number of aromatic nitrogens is 1. The Bertz CT molecular complexity index is 689. The summed E-state index contributed by atoms with van der Waals surface area (Å²) in [6, 6.07) is 5.71. The van der Waals surface area contributed by atoms with Gasteiger partial charge >= 0.3 is 6.18 Å². The fourth-order valence-corrected chi connectivity index (χ4v) is 2.41. The number of carbonyl (C=O) groups is 1. The minimum Gasteiger partial charge on any atom is -0.384 e. The van der Waals surface area contributed by atoms with Crippen molar-refractivity contribution in [3.05, 3.63) is 35.0 Å². The van der Waals surface area contributed by atoms with Gasteiger partial charge < -0.3 is 10.1 Å². The first-order valence-electron chi connectivity index (χ1n) is 7.27. The number of nitrogens with zero attached hydrogens (tertiary/aromatic N) is 1. The lowest BCUT2D eigenvalue weighted by molar-refractivity contribution is -0.140. The topological polar surface area (TPSA) is 42.0 Å². The van der Waals surface area contributed by atoms with Gasteiger partial charge in [-0.15, -0.1) is 0 Å². The Labute approximate surface area is 136 Å². The highest BCUT2D eigenvalue weighted by Crippen LogP contribution is 2.33. The fraction of sp³-hybridized carbons (Fsp3) is 0.375. The molecule has 124 valence electrons. The Balaban J connectivity index is 2.21. The monoisotopic (exact) mass is 344 g/mol. The summed E-state index contributed by atoms with van der Waals surface area (Å²) in [7, 11) is 0. The molecule has 2 aromatic rings. The van der Waals surface area contributed by atoms with Gasteiger partial charge in [-0.25, -0.2) is 4.98 Å². The van der Waals surface area contributed by atoms with Gasteiger partial charge in [0, 0.05) is 29.1 Å². The zero-order valence-corrected chi connectivity index (χ0v) is 13.0. The van der Waals surface area contributed by atoms with Gasteiger partial charge in [0.1, 0.15) is 12.0 Å². The molecule has 1 aromatic carbocycles. The van der Waals surface area contributed by atoms with Gasteiger partial charge in [-0.1, -0.05) is 18.0 Å². The number of aldehydes is 1. The van der Waals surface area contributed by atoms with E-state index >= 15 is 0 Å². The van der Waals surface area contributed by atoms with Crippen LogP contribution in [-0.4, -0.2) is 17.8 Å². The molecule has 0 aliphatic heterocycles. The third-order valence-corrected chi connectivity index (χ3v) is 3.61. The summed E-state index contributed by atoms with van der Waals surface area (Å²) in [5.41, 5.74) is -0.360. The van der Waals surface area contributed by atoms with Crippen molar-refractivity contribution in [2.45, 2.75) is 31.9 Å². The van der Waals surface area contributed by atoms with Gasteiger partial charge in [-0.3, -0.25) is 0 Å². The molecule has 0 unspecified atom stereocenters. The molecule has 0 spiro atoms. The smallest absolute Gasteiger partial charge is 0.384 e. The number of alkyl halides is 3. The van der Waals surface area contributed by atoms with Crippen LogP contribution in [0.4, 0.5) is 18.9 Å². The molecular weight excluding hydrogens is 329 g/mol. The third kappa shape index (κ3) is 4.82. The van der Waals surface area contributed by atoms with Crippen molar-refractivity contribution < 1.29 is 18.0 Å². The van der Waals surface area contributed by atoms with Crippen LogP contribution in [0.15, 0.2) is 24.3 Å². The summed E-state index contributed by atoms with van der Waals surface area (Å²) >= 11 is 5.84. The van der Waals surface area contributed by atoms with Crippen LogP contribution in [0, 0.1) is 0 Å². The number of benzene rings is 1. The molecule has 1 N–H and O–H groups in total. The van der Waals surface area contributed by atoms with E-state index in [0.717, 1.165) is 31.6 Å². The predicted octanol–water partition coefficient (Wildman–Crippen LogP) is 5.08. The van der Waals surface area contributed by atoms with Crippen LogP contribution in [0.3, 0.4) is 0 Å². The molecule has 1 heterocycles. The van der Waals surface area contributed by atoms with Crippen LogP contribution in [0.1, 0.15) is 31.4 Å². The average molecular weight is 345 g/mol. The molecule has 0 fully saturated rings. The van der Waals surface area contributed by atoms with Gasteiger partial charge in [0.15, 0.2) is 0 Å². The number of halogens is 4. The van der Waals surface area contributed by atoms with Gasteiger partial charge in [0.05, 0.1) is 5.52 Å². The maximum atomic E-state index is 13.0. The Morgan fingerprint density at radius 3 is 2.65 bits per heavy atom. The number of hydrogen-bond donors (Lipinski definition) is 1. The van der Waals surface area contributed by atoms with Crippen LogP contribution >= 0.6 is 11.6 Å². The third-order valence-electron chi connectivity index (χ3n) is 3.38. The van der Waals surface area contributed by atoms with Crippen molar-refractivity contribution in [1.82, 2.24) is 4.98 Å². The van der Waals surface area contributed by atoms with Crippen molar-refractivity contribution in [2.24, 2.45) is 0 Å². The van der Waals surface area contributed by atoms with Gasteiger partial charge in [0.25, 0.3) is 0 Å². The lowest BCUT2D eigenvalue weighted by Crippen LogP contribution is -2.10. The minimum atomic E-state index is -4.52. The summed E-state index contributed by atoms with van der Waals surface area (Å²) in [4.78, 5) is 13.9. The van der Waals surface area contributed by atoms with Crippen LogP contribution in [0.5, 0.6) is 0 Å². The molecule has 0 bridgehead atoms. The van der Waals surface area contributed by atoms with Gasteiger partial charge in [0.2, 0.25) is 0 Å². The number of carbonyl (C=O) groups excluding carboxylic acids is 1. The molecular formula is C16H16ClF3N2O. The van der Waals surface area contributed by atoms with Gasteiger partial charge in [-0.05, 0) is 37.1 Å². The molecule has 0 radical (unpaired) electrons. The normalized spacial score (nSPS) is 11.7. The number of anilines is 1. The molecule has 2 rings (SSSR count). The van der Waals surface area contributed by atoms with Crippen LogP contribution in [0.2, 0.25) is 5.02 Å². The fourth-order valence-electron chi connectivity index (χ4n) is 2.25. The summed E-state index contributed by atoms with van der Waals surface area (Å²) in [5.74, 6) is 0. The quantitative estimate of drug-likeness (QED) is 0.562. The van der Waals surface area contributed by atoms with Crippen molar-refractivity contribution in [3.63, 3.8) is 0 Å². The highest BCUT2D eigenvalue weighted by molar-refractivity contribution is 6.31. The lowest BCUT2D eigenvalue weighted by atomic mass is 10.1. The second-order valence-corrected chi connectivity index (χ2v) is 5.59. The number of pyridine rings is 1. The summed E-state index contributed by atoms with van der Waals surface area (Å²) in [6.45, 7) is 0.526. The van der Waals surface area contributed by atoms with E-state index in [0.29, 0.717) is 29.1 Å². The second-order valence-electron chi connectivity index (χ2n) is 5.16. The molecule has 0 amide bonds. The molecule has 1 aromatic heterocycles. The molecule has 0 aliphatic rings. The van der Waals surface area contributed by atoms with Gasteiger partial charge in [-0.2, -0.15) is 13.2 Å². The molecule has 0 atom stereocenters. The number of unbranched alkanes of at least 4 members (excludes halogenated alkanes) is 3. The first kappa shape index (κ1) is 17.5. The number of rotatable bonds is 7. The van der Waals surface area contributed by atoms with Crippen LogP contribution < -0.4 is 5.32 Å². The zero-order valence-electron chi connectivity index (χ0n) is 12.3. The van der Waals surface area contributed by atoms with E-state index in [-0.39, 0.29) is 5.52 Å². The summed E-state index contributed by atoms with van der Waals surface area (Å²) in [6.07, 6.45) is -0.750. The van der Waals surface area contributed by atoms with Crippen molar-refractivity contribution in [2.75, 3.05) is 11.9 Å². The Hall–Kier alpha value is -1.82. The van der Waals surface area contributed by atoms with E-state index in [1.165, 1.54) is 6.07 Å². The summed E-state index contributed by atoms with van der Waals surface area (Å²) < 4.78 is 38.9. The van der Waals surface area contributed by atoms with Crippen molar-refractivity contribution in [3.8, 4) is 0 Å². The molecule has 0 saturated heterocycles. The molecule has 23 heavy (non-hydrogen) atoms. The first-order valence-corrected chi connectivity index (χ1v) is 7.64. The number of hydrogen-bond acceptors (Lipinski definition) is 3.